The van der Waals surface area contributed by atoms with Crippen molar-refractivity contribution >= 4 is 11.3 Å². The van der Waals surface area contributed by atoms with E-state index in [0.29, 0.717) is 6.04 Å². The van der Waals surface area contributed by atoms with E-state index in [0.717, 1.165) is 24.3 Å². The Hall–Kier alpha value is -0.410. The molecule has 0 aromatic carbocycles. The van der Waals surface area contributed by atoms with Gasteiger partial charge in [0, 0.05) is 11.4 Å². The normalized spacial score (nSPS) is 13.2. The van der Waals surface area contributed by atoms with Gasteiger partial charge in [-0.2, -0.15) is 0 Å². The number of aromatic nitrogens is 1. The molecule has 0 amide bonds. The Morgan fingerprint density at radius 2 is 2.42 bits per heavy atom. The van der Waals surface area contributed by atoms with E-state index in [1.807, 2.05) is 13.8 Å². The Balaban J connectivity index is 2.24. The van der Waals surface area contributed by atoms with E-state index in [-0.39, 0.29) is 0 Å². The minimum Gasteiger partial charge on any atom is -0.328 e. The summed E-state index contributed by atoms with van der Waals surface area (Å²) in [6.07, 6.45) is 3.32. The van der Waals surface area contributed by atoms with Crippen LogP contribution in [0.2, 0.25) is 0 Å². The van der Waals surface area contributed by atoms with Gasteiger partial charge in [-0.05, 0) is 33.1 Å². The van der Waals surface area contributed by atoms with E-state index in [1.54, 1.807) is 11.3 Å². The van der Waals surface area contributed by atoms with Crippen LogP contribution in [-0.2, 0) is 6.42 Å². The second kappa shape index (κ2) is 4.58. The Morgan fingerprint density at radius 1 is 1.67 bits per heavy atom. The number of hydrogen-bond acceptors (Lipinski definition) is 3. The highest BCUT2D eigenvalue weighted by Crippen LogP contribution is 2.10. The van der Waals surface area contributed by atoms with Gasteiger partial charge in [-0.25, -0.2) is 4.98 Å². The molecule has 68 valence electrons. The lowest BCUT2D eigenvalue weighted by Crippen LogP contribution is -2.14. The zero-order chi connectivity index (χ0) is 8.97. The summed E-state index contributed by atoms with van der Waals surface area (Å²) in [5.41, 5.74) is 6.86. The number of thiazole rings is 1. The van der Waals surface area contributed by atoms with Crippen molar-refractivity contribution in [3.63, 3.8) is 0 Å². The van der Waals surface area contributed by atoms with Gasteiger partial charge < -0.3 is 5.73 Å². The van der Waals surface area contributed by atoms with E-state index in [4.69, 9.17) is 5.73 Å². The molecule has 1 unspecified atom stereocenters. The number of aryl methyl sites for hydroxylation is 2. The van der Waals surface area contributed by atoms with Crippen molar-refractivity contribution in [2.45, 2.75) is 39.2 Å². The van der Waals surface area contributed by atoms with Gasteiger partial charge in [0.1, 0.15) is 0 Å². The largest absolute Gasteiger partial charge is 0.328 e. The maximum absolute atomic E-state index is 5.64. The van der Waals surface area contributed by atoms with Crippen LogP contribution in [0.4, 0.5) is 0 Å². The molecular weight excluding hydrogens is 168 g/mol. The minimum atomic E-state index is 0.324. The Morgan fingerprint density at radius 3 is 2.92 bits per heavy atom. The number of nitrogens with two attached hydrogens (primary N) is 1. The van der Waals surface area contributed by atoms with Gasteiger partial charge in [-0.1, -0.05) is 0 Å². The van der Waals surface area contributed by atoms with Crippen LogP contribution in [0.15, 0.2) is 5.38 Å². The Bertz CT molecular complexity index is 230. The molecule has 2 nitrogen and oxygen atoms in total. The first-order chi connectivity index (χ1) is 5.68. The molecule has 1 rings (SSSR count). The molecule has 0 radical (unpaired) electrons. The summed E-state index contributed by atoms with van der Waals surface area (Å²) in [6.45, 7) is 4.09. The summed E-state index contributed by atoms with van der Waals surface area (Å²) in [4.78, 5) is 4.39. The van der Waals surface area contributed by atoms with Gasteiger partial charge in [0.05, 0.1) is 10.7 Å². The molecule has 2 N–H and O–H groups in total. The van der Waals surface area contributed by atoms with Gasteiger partial charge in [0.2, 0.25) is 0 Å². The van der Waals surface area contributed by atoms with Crippen LogP contribution in [0.1, 0.15) is 30.5 Å². The maximum atomic E-state index is 5.64. The van der Waals surface area contributed by atoms with Crippen LogP contribution in [0, 0.1) is 6.92 Å². The van der Waals surface area contributed by atoms with Crippen LogP contribution in [0.25, 0.3) is 0 Å². The lowest BCUT2D eigenvalue weighted by atomic mass is 10.1. The van der Waals surface area contributed by atoms with Crippen molar-refractivity contribution in [3.05, 3.63) is 16.1 Å². The summed E-state index contributed by atoms with van der Waals surface area (Å²) in [5, 5.41) is 3.29. The molecule has 0 bridgehead atoms. The third kappa shape index (κ3) is 3.32. The molecule has 0 fully saturated rings. The SMILES string of the molecule is Cc1nc(CCCC(C)N)cs1. The van der Waals surface area contributed by atoms with E-state index < -0.39 is 0 Å². The van der Waals surface area contributed by atoms with Crippen LogP contribution < -0.4 is 5.73 Å². The first-order valence-electron chi connectivity index (χ1n) is 4.35. The first kappa shape index (κ1) is 9.68. The van der Waals surface area contributed by atoms with E-state index in [9.17, 15) is 0 Å². The van der Waals surface area contributed by atoms with Crippen molar-refractivity contribution in [3.8, 4) is 0 Å². The molecular formula is C9H16N2S. The lowest BCUT2D eigenvalue weighted by Gasteiger charge is -2.01. The smallest absolute Gasteiger partial charge is 0.0897 e. The van der Waals surface area contributed by atoms with Gasteiger partial charge in [0.25, 0.3) is 0 Å². The summed E-state index contributed by atoms with van der Waals surface area (Å²) in [7, 11) is 0. The highest BCUT2D eigenvalue weighted by Gasteiger charge is 1.99. The number of nitrogens with zero attached hydrogens (tertiary/aromatic N) is 1. The van der Waals surface area contributed by atoms with Gasteiger partial charge >= 0.3 is 0 Å². The second-order valence-electron chi connectivity index (χ2n) is 3.23. The minimum absolute atomic E-state index is 0.324. The molecule has 0 spiro atoms. The molecule has 3 heteroatoms. The standard InChI is InChI=1S/C9H16N2S/c1-7(10)4-3-5-9-6-12-8(2)11-9/h6-7H,3-5,10H2,1-2H3. The topological polar surface area (TPSA) is 38.9 Å². The van der Waals surface area contributed by atoms with Crippen LogP contribution >= 0.6 is 11.3 Å². The molecule has 12 heavy (non-hydrogen) atoms. The van der Waals surface area contributed by atoms with E-state index >= 15 is 0 Å². The molecule has 1 heterocycles. The summed E-state index contributed by atoms with van der Waals surface area (Å²) < 4.78 is 0. The predicted octanol–water partition coefficient (Wildman–Crippen LogP) is 2.12. The fourth-order valence-electron chi connectivity index (χ4n) is 1.13. The van der Waals surface area contributed by atoms with E-state index in [2.05, 4.69) is 10.4 Å². The number of rotatable bonds is 4. The molecule has 0 aliphatic heterocycles. The van der Waals surface area contributed by atoms with Crippen molar-refractivity contribution in [2.75, 3.05) is 0 Å². The van der Waals surface area contributed by atoms with Crippen molar-refractivity contribution < 1.29 is 0 Å². The third-order valence-electron chi connectivity index (χ3n) is 1.76. The Labute approximate surface area is 77.8 Å². The van der Waals surface area contributed by atoms with Gasteiger partial charge in [0.15, 0.2) is 0 Å². The zero-order valence-electron chi connectivity index (χ0n) is 7.71. The molecule has 0 saturated heterocycles. The average molecular weight is 184 g/mol. The van der Waals surface area contributed by atoms with E-state index in [1.165, 1.54) is 5.69 Å². The van der Waals surface area contributed by atoms with Crippen molar-refractivity contribution in [1.29, 1.82) is 0 Å². The summed E-state index contributed by atoms with van der Waals surface area (Å²) >= 11 is 1.72. The lowest BCUT2D eigenvalue weighted by molar-refractivity contribution is 0.620. The quantitative estimate of drug-likeness (QED) is 0.778. The first-order valence-corrected chi connectivity index (χ1v) is 5.23. The maximum Gasteiger partial charge on any atom is 0.0897 e. The molecule has 1 aromatic heterocycles. The summed E-state index contributed by atoms with van der Waals surface area (Å²) in [5.74, 6) is 0. The monoisotopic (exact) mass is 184 g/mol. The van der Waals surface area contributed by atoms with Crippen molar-refractivity contribution in [2.24, 2.45) is 5.73 Å². The fraction of sp³-hybridized carbons (Fsp3) is 0.667. The van der Waals surface area contributed by atoms with Crippen molar-refractivity contribution in [1.82, 2.24) is 4.98 Å². The number of hydrogen-bond donors (Lipinski definition) is 1. The van der Waals surface area contributed by atoms with Gasteiger partial charge in [-0.3, -0.25) is 0 Å². The van der Waals surface area contributed by atoms with Crippen LogP contribution in [0.5, 0.6) is 0 Å². The summed E-state index contributed by atoms with van der Waals surface area (Å²) in [6, 6.07) is 0.324. The molecule has 0 aliphatic rings. The Kier molecular flexibility index (Phi) is 3.69. The predicted molar refractivity (Wildman–Crippen MR) is 53.4 cm³/mol. The molecule has 0 aliphatic carbocycles. The highest BCUT2D eigenvalue weighted by molar-refractivity contribution is 7.09. The zero-order valence-corrected chi connectivity index (χ0v) is 8.53. The highest BCUT2D eigenvalue weighted by atomic mass is 32.1. The molecule has 0 saturated carbocycles. The van der Waals surface area contributed by atoms with Crippen LogP contribution in [0.3, 0.4) is 0 Å². The molecule has 1 aromatic rings. The third-order valence-corrected chi connectivity index (χ3v) is 2.58. The second-order valence-corrected chi connectivity index (χ2v) is 4.29. The van der Waals surface area contributed by atoms with Crippen LogP contribution in [-0.4, -0.2) is 11.0 Å². The fourth-order valence-corrected chi connectivity index (χ4v) is 1.78. The molecule has 1 atom stereocenters. The van der Waals surface area contributed by atoms with Gasteiger partial charge in [-0.15, -0.1) is 11.3 Å². The average Bonchev–Trinajstić information content (AvgIpc) is 2.35.